The number of hydrogen-bond acceptors (Lipinski definition) is 5. The number of amides is 1. The van der Waals surface area contributed by atoms with E-state index in [1.807, 2.05) is 32.0 Å². The van der Waals surface area contributed by atoms with E-state index < -0.39 is 17.4 Å². The van der Waals surface area contributed by atoms with Crippen molar-refractivity contribution in [2.45, 2.75) is 33.2 Å². The highest BCUT2D eigenvalue weighted by Crippen LogP contribution is 2.43. The molecule has 1 amide bonds. The molecule has 1 aliphatic rings. The van der Waals surface area contributed by atoms with Gasteiger partial charge in [-0.05, 0) is 56.5 Å². The average Bonchev–Trinajstić information content (AvgIpc) is 2.86. The maximum absolute atomic E-state index is 13.4. The second-order valence-corrected chi connectivity index (χ2v) is 7.94. The van der Waals surface area contributed by atoms with Gasteiger partial charge in [-0.3, -0.25) is 4.79 Å². The number of halogens is 1. The zero-order chi connectivity index (χ0) is 22.1. The lowest BCUT2D eigenvalue weighted by Gasteiger charge is -2.31. The Morgan fingerprint density at radius 2 is 1.70 bits per heavy atom. The van der Waals surface area contributed by atoms with Gasteiger partial charge in [0, 0.05) is 7.11 Å². The number of nitrogens with zero attached hydrogens (tertiary/aromatic N) is 1. The molecule has 0 saturated heterocycles. The Hall–Kier alpha value is -2.67. The van der Waals surface area contributed by atoms with Gasteiger partial charge in [0.05, 0.1) is 16.2 Å². The van der Waals surface area contributed by atoms with Gasteiger partial charge in [-0.2, -0.15) is 0 Å². The van der Waals surface area contributed by atoms with Gasteiger partial charge in [0.1, 0.15) is 11.3 Å². The van der Waals surface area contributed by atoms with Crippen molar-refractivity contribution in [3.8, 4) is 0 Å². The fraction of sp³-hybridized carbons (Fsp3) is 0.304. The van der Waals surface area contributed by atoms with Gasteiger partial charge in [0.25, 0.3) is 5.91 Å². The first-order chi connectivity index (χ1) is 14.2. The molecule has 0 N–H and O–H groups in total. The lowest BCUT2D eigenvalue weighted by atomic mass is 9.93. The Kier molecular flexibility index (Phi) is 6.31. The van der Waals surface area contributed by atoms with Gasteiger partial charge < -0.3 is 9.47 Å². The van der Waals surface area contributed by atoms with E-state index in [0.29, 0.717) is 5.56 Å². The molecule has 0 unspecified atom stereocenters. The van der Waals surface area contributed by atoms with Crippen LogP contribution in [0.15, 0.2) is 48.2 Å². The predicted octanol–water partition coefficient (Wildman–Crippen LogP) is 4.68. The Bertz CT molecular complexity index is 1010. The van der Waals surface area contributed by atoms with Crippen LogP contribution in [0.3, 0.4) is 0 Å². The molecule has 0 aliphatic carbocycles. The first-order valence-corrected chi connectivity index (χ1v) is 9.82. The van der Waals surface area contributed by atoms with E-state index in [0.717, 1.165) is 11.1 Å². The van der Waals surface area contributed by atoms with Crippen LogP contribution in [0.2, 0.25) is 5.02 Å². The van der Waals surface area contributed by atoms with E-state index in [9.17, 15) is 9.59 Å². The van der Waals surface area contributed by atoms with Crippen LogP contribution in [-0.2, 0) is 19.1 Å². The van der Waals surface area contributed by atoms with Gasteiger partial charge >= 0.3 is 5.97 Å². The second-order valence-electron chi connectivity index (χ2n) is 7.53. The second kappa shape index (κ2) is 8.60. The normalized spacial score (nSPS) is 15.7. The standard InChI is InChI=1S/C23H24ClNO5/c1-14-9-8-10-15(2)18(14)19-20(23(3,4)25(21(19)26)29-13-28-5)30-22(27)16-11-6-7-12-17(16)24/h6-12H,13H2,1-5H3. The van der Waals surface area contributed by atoms with Gasteiger partial charge in [0.2, 0.25) is 0 Å². The van der Waals surface area contributed by atoms with E-state index in [4.69, 9.17) is 25.9 Å². The summed E-state index contributed by atoms with van der Waals surface area (Å²) in [4.78, 5) is 31.9. The monoisotopic (exact) mass is 429 g/mol. The molecule has 7 heteroatoms. The van der Waals surface area contributed by atoms with Gasteiger partial charge in [-0.25, -0.2) is 14.7 Å². The zero-order valence-corrected chi connectivity index (χ0v) is 18.4. The van der Waals surface area contributed by atoms with Crippen molar-refractivity contribution in [3.05, 3.63) is 75.5 Å². The number of aryl methyl sites for hydroxylation is 2. The summed E-state index contributed by atoms with van der Waals surface area (Å²) in [7, 11) is 1.46. The van der Waals surface area contributed by atoms with Crippen LogP contribution in [0, 0.1) is 13.8 Å². The third-order valence-corrected chi connectivity index (χ3v) is 5.34. The summed E-state index contributed by atoms with van der Waals surface area (Å²) in [6.07, 6.45) is 0. The van der Waals surface area contributed by atoms with Crippen molar-refractivity contribution >= 4 is 29.1 Å². The number of rotatable bonds is 6. The lowest BCUT2D eigenvalue weighted by Crippen LogP contribution is -2.44. The molecule has 0 spiro atoms. The first kappa shape index (κ1) is 22.0. The molecule has 0 aromatic heterocycles. The van der Waals surface area contributed by atoms with Crippen molar-refractivity contribution in [1.82, 2.24) is 5.06 Å². The number of ether oxygens (including phenoxy) is 2. The van der Waals surface area contributed by atoms with Crippen LogP contribution >= 0.6 is 11.6 Å². The number of carbonyl (C=O) groups is 2. The fourth-order valence-corrected chi connectivity index (χ4v) is 3.77. The van der Waals surface area contributed by atoms with Gasteiger partial charge in [-0.1, -0.05) is 41.9 Å². The highest BCUT2D eigenvalue weighted by atomic mass is 35.5. The molecular weight excluding hydrogens is 406 g/mol. The third-order valence-electron chi connectivity index (χ3n) is 5.01. The molecule has 1 heterocycles. The molecule has 0 fully saturated rings. The molecule has 158 valence electrons. The molecule has 3 rings (SSSR count). The molecule has 0 radical (unpaired) electrons. The largest absolute Gasteiger partial charge is 0.424 e. The predicted molar refractivity (Wildman–Crippen MR) is 114 cm³/mol. The molecule has 0 bridgehead atoms. The smallest absolute Gasteiger partial charge is 0.344 e. The molecule has 6 nitrogen and oxygen atoms in total. The van der Waals surface area contributed by atoms with E-state index in [1.165, 1.54) is 12.2 Å². The van der Waals surface area contributed by atoms with Crippen LogP contribution in [0.5, 0.6) is 0 Å². The van der Waals surface area contributed by atoms with Crippen molar-refractivity contribution in [2.24, 2.45) is 0 Å². The number of methoxy groups -OCH3 is 1. The summed E-state index contributed by atoms with van der Waals surface area (Å²) in [6, 6.07) is 12.3. The Balaban J connectivity index is 2.16. The summed E-state index contributed by atoms with van der Waals surface area (Å²) in [5.41, 5.74) is 1.92. The minimum absolute atomic E-state index is 0.124. The van der Waals surface area contributed by atoms with Crippen molar-refractivity contribution < 1.29 is 23.9 Å². The van der Waals surface area contributed by atoms with E-state index in [2.05, 4.69) is 0 Å². The van der Waals surface area contributed by atoms with E-state index in [-0.39, 0.29) is 28.7 Å². The van der Waals surface area contributed by atoms with Crippen LogP contribution < -0.4 is 0 Å². The van der Waals surface area contributed by atoms with Crippen LogP contribution in [0.1, 0.15) is 40.9 Å². The fourth-order valence-electron chi connectivity index (χ4n) is 3.56. The van der Waals surface area contributed by atoms with E-state index in [1.54, 1.807) is 38.1 Å². The Morgan fingerprint density at radius 3 is 2.30 bits per heavy atom. The number of carbonyl (C=O) groups excluding carboxylic acids is 2. The summed E-state index contributed by atoms with van der Waals surface area (Å²) >= 11 is 6.17. The number of hydrogen-bond donors (Lipinski definition) is 0. The number of hydroxylamine groups is 2. The average molecular weight is 430 g/mol. The van der Waals surface area contributed by atoms with Crippen molar-refractivity contribution in [2.75, 3.05) is 13.9 Å². The minimum atomic E-state index is -1.06. The highest BCUT2D eigenvalue weighted by Gasteiger charge is 2.50. The third kappa shape index (κ3) is 3.86. The van der Waals surface area contributed by atoms with Crippen LogP contribution in [-0.4, -0.2) is 36.4 Å². The minimum Gasteiger partial charge on any atom is -0.424 e. The van der Waals surface area contributed by atoms with Crippen LogP contribution in [0.4, 0.5) is 0 Å². The van der Waals surface area contributed by atoms with Crippen LogP contribution in [0.25, 0.3) is 5.57 Å². The van der Waals surface area contributed by atoms with Gasteiger partial charge in [0.15, 0.2) is 6.79 Å². The maximum Gasteiger partial charge on any atom is 0.344 e. The SMILES string of the molecule is COCON1C(=O)C(c2c(C)cccc2C)=C(OC(=O)c2ccccc2Cl)C1(C)C. The Morgan fingerprint density at radius 1 is 1.07 bits per heavy atom. The molecule has 1 aliphatic heterocycles. The number of benzene rings is 2. The van der Waals surface area contributed by atoms with Crippen molar-refractivity contribution in [3.63, 3.8) is 0 Å². The molecule has 0 saturated carbocycles. The first-order valence-electron chi connectivity index (χ1n) is 9.44. The maximum atomic E-state index is 13.4. The molecule has 2 aromatic carbocycles. The molecular formula is C23H24ClNO5. The van der Waals surface area contributed by atoms with Gasteiger partial charge in [-0.15, -0.1) is 0 Å². The summed E-state index contributed by atoms with van der Waals surface area (Å²) in [5.74, 6) is -0.851. The lowest BCUT2D eigenvalue weighted by molar-refractivity contribution is -0.238. The summed E-state index contributed by atoms with van der Waals surface area (Å²) in [6.45, 7) is 7.18. The highest BCUT2D eigenvalue weighted by molar-refractivity contribution is 6.33. The number of esters is 1. The Labute approximate surface area is 180 Å². The van der Waals surface area contributed by atoms with E-state index >= 15 is 0 Å². The summed E-state index contributed by atoms with van der Waals surface area (Å²) in [5, 5.41) is 1.46. The molecule has 30 heavy (non-hydrogen) atoms. The topological polar surface area (TPSA) is 65.1 Å². The molecule has 2 aromatic rings. The molecule has 0 atom stereocenters. The van der Waals surface area contributed by atoms with Crippen molar-refractivity contribution in [1.29, 1.82) is 0 Å². The quantitative estimate of drug-likeness (QED) is 0.492. The zero-order valence-electron chi connectivity index (χ0n) is 17.6. The summed E-state index contributed by atoms with van der Waals surface area (Å²) < 4.78 is 10.8.